The van der Waals surface area contributed by atoms with Crippen molar-refractivity contribution in [1.82, 2.24) is 14.6 Å². The van der Waals surface area contributed by atoms with Crippen molar-refractivity contribution in [2.24, 2.45) is 0 Å². The lowest BCUT2D eigenvalue weighted by molar-refractivity contribution is 0.864. The molecule has 20 heavy (non-hydrogen) atoms. The molecule has 0 aliphatic rings. The summed E-state index contributed by atoms with van der Waals surface area (Å²) in [6.45, 7) is 6.46. The molecule has 4 nitrogen and oxygen atoms in total. The summed E-state index contributed by atoms with van der Waals surface area (Å²) in [6, 6.07) is 4.42. The quantitative estimate of drug-likeness (QED) is 0.763. The number of aromatic nitrogens is 3. The largest absolute Gasteiger partial charge is 0.363 e. The molecular weight excluding hydrogens is 336 g/mol. The van der Waals surface area contributed by atoms with Crippen molar-refractivity contribution in [3.05, 3.63) is 44.3 Å². The molecule has 104 valence electrons. The van der Waals surface area contributed by atoms with Crippen LogP contribution in [0.15, 0.2) is 29.0 Å². The number of nitrogens with zero attached hydrogens (tertiary/aromatic N) is 3. The first-order valence-electron chi connectivity index (χ1n) is 6.38. The van der Waals surface area contributed by atoms with Crippen LogP contribution in [-0.2, 0) is 0 Å². The standard InChI is InChI=1S/C14H15BrN4S/c1-8-6-11(10(3)20-8)9(2)17-13-4-5-19-14(18-13)12(15)7-16-19/h4-7,9H,1-3H3,(H,17,18). The number of hydrogen-bond donors (Lipinski definition) is 1. The first-order chi connectivity index (χ1) is 9.54. The van der Waals surface area contributed by atoms with Gasteiger partial charge in [0.25, 0.3) is 0 Å². The zero-order valence-corrected chi connectivity index (χ0v) is 13.9. The van der Waals surface area contributed by atoms with Crippen LogP contribution >= 0.6 is 27.3 Å². The lowest BCUT2D eigenvalue weighted by Gasteiger charge is -2.14. The Hall–Kier alpha value is -1.40. The minimum absolute atomic E-state index is 0.233. The molecule has 3 aromatic rings. The number of anilines is 1. The summed E-state index contributed by atoms with van der Waals surface area (Å²) < 4.78 is 2.65. The van der Waals surface area contributed by atoms with Crippen LogP contribution in [0.3, 0.4) is 0 Å². The highest BCUT2D eigenvalue weighted by Gasteiger charge is 2.12. The molecule has 0 fully saturated rings. The molecule has 0 aliphatic heterocycles. The Balaban J connectivity index is 1.88. The first kappa shape index (κ1) is 13.6. The number of rotatable bonds is 3. The van der Waals surface area contributed by atoms with Gasteiger partial charge in [0.1, 0.15) is 5.82 Å². The van der Waals surface area contributed by atoms with Gasteiger partial charge in [-0.05, 0) is 54.4 Å². The van der Waals surface area contributed by atoms with Gasteiger partial charge < -0.3 is 5.32 Å². The summed E-state index contributed by atoms with van der Waals surface area (Å²) in [5, 5.41) is 7.65. The Morgan fingerprint density at radius 2 is 2.20 bits per heavy atom. The first-order valence-corrected chi connectivity index (χ1v) is 7.99. The molecule has 0 aliphatic carbocycles. The molecule has 0 amide bonds. The fraction of sp³-hybridized carbons (Fsp3) is 0.286. The van der Waals surface area contributed by atoms with Gasteiger partial charge in [0.2, 0.25) is 0 Å². The molecule has 0 radical (unpaired) electrons. The Morgan fingerprint density at radius 1 is 1.40 bits per heavy atom. The smallest absolute Gasteiger partial charge is 0.171 e. The van der Waals surface area contributed by atoms with E-state index in [2.05, 4.69) is 58.2 Å². The third kappa shape index (κ3) is 2.45. The van der Waals surface area contributed by atoms with E-state index in [0.29, 0.717) is 0 Å². The fourth-order valence-corrected chi connectivity index (χ4v) is 3.69. The van der Waals surface area contributed by atoms with Gasteiger partial charge in [-0.15, -0.1) is 11.3 Å². The van der Waals surface area contributed by atoms with Crippen molar-refractivity contribution >= 4 is 38.7 Å². The Morgan fingerprint density at radius 3 is 2.90 bits per heavy atom. The lowest BCUT2D eigenvalue weighted by atomic mass is 10.1. The van der Waals surface area contributed by atoms with Crippen molar-refractivity contribution in [3.63, 3.8) is 0 Å². The Kier molecular flexibility index (Phi) is 3.52. The van der Waals surface area contributed by atoms with Gasteiger partial charge in [0, 0.05) is 16.0 Å². The predicted octanol–water partition coefficient (Wildman–Crippen LogP) is 4.34. The second-order valence-corrected chi connectivity index (χ2v) is 7.12. The average Bonchev–Trinajstić information content (AvgIpc) is 2.93. The number of nitrogens with one attached hydrogen (secondary N) is 1. The maximum Gasteiger partial charge on any atom is 0.171 e. The molecule has 6 heteroatoms. The third-order valence-electron chi connectivity index (χ3n) is 3.24. The van der Waals surface area contributed by atoms with Crippen LogP contribution in [0, 0.1) is 13.8 Å². The van der Waals surface area contributed by atoms with E-state index < -0.39 is 0 Å². The van der Waals surface area contributed by atoms with Crippen LogP contribution < -0.4 is 5.32 Å². The Labute approximate surface area is 130 Å². The van der Waals surface area contributed by atoms with Gasteiger partial charge >= 0.3 is 0 Å². The number of halogens is 1. The van der Waals surface area contributed by atoms with Crippen molar-refractivity contribution in [1.29, 1.82) is 0 Å². The zero-order chi connectivity index (χ0) is 14.3. The van der Waals surface area contributed by atoms with Crippen LogP contribution in [0.25, 0.3) is 5.65 Å². The van der Waals surface area contributed by atoms with Crippen LogP contribution in [-0.4, -0.2) is 14.6 Å². The molecule has 3 aromatic heterocycles. The normalized spacial score (nSPS) is 12.8. The molecule has 0 aromatic carbocycles. The summed E-state index contributed by atoms with van der Waals surface area (Å²) >= 11 is 5.29. The maximum absolute atomic E-state index is 4.58. The van der Waals surface area contributed by atoms with Crippen molar-refractivity contribution in [2.75, 3.05) is 5.32 Å². The molecule has 1 atom stereocenters. The van der Waals surface area contributed by atoms with E-state index in [-0.39, 0.29) is 6.04 Å². The van der Waals surface area contributed by atoms with Crippen molar-refractivity contribution in [3.8, 4) is 0 Å². The van der Waals surface area contributed by atoms with Gasteiger partial charge in [-0.25, -0.2) is 9.50 Å². The van der Waals surface area contributed by atoms with Gasteiger partial charge in [0.15, 0.2) is 5.65 Å². The summed E-state index contributed by atoms with van der Waals surface area (Å²) in [7, 11) is 0. The lowest BCUT2D eigenvalue weighted by Crippen LogP contribution is -2.08. The number of hydrogen-bond acceptors (Lipinski definition) is 4. The monoisotopic (exact) mass is 350 g/mol. The molecule has 3 heterocycles. The van der Waals surface area contributed by atoms with Crippen molar-refractivity contribution in [2.45, 2.75) is 26.8 Å². The fourth-order valence-electron chi connectivity index (χ4n) is 2.30. The topological polar surface area (TPSA) is 42.2 Å². The summed E-state index contributed by atoms with van der Waals surface area (Å²) in [6.07, 6.45) is 3.66. The van der Waals surface area contributed by atoms with Crippen LogP contribution in [0.4, 0.5) is 5.82 Å². The second-order valence-electron chi connectivity index (χ2n) is 4.81. The molecule has 0 saturated heterocycles. The molecule has 1 N–H and O–H groups in total. The molecular formula is C14H15BrN4S. The van der Waals surface area contributed by atoms with Crippen LogP contribution in [0.5, 0.6) is 0 Å². The molecule has 1 unspecified atom stereocenters. The number of fused-ring (bicyclic) bond motifs is 1. The second kappa shape index (κ2) is 5.18. The van der Waals surface area contributed by atoms with Crippen molar-refractivity contribution < 1.29 is 0 Å². The highest BCUT2D eigenvalue weighted by atomic mass is 79.9. The van der Waals surface area contributed by atoms with Gasteiger partial charge in [-0.3, -0.25) is 0 Å². The number of aryl methyl sites for hydroxylation is 2. The average molecular weight is 351 g/mol. The van der Waals surface area contributed by atoms with E-state index in [1.54, 1.807) is 10.7 Å². The molecule has 0 spiro atoms. The SMILES string of the molecule is Cc1cc(C(C)Nc2ccn3ncc(Br)c3n2)c(C)s1. The maximum atomic E-state index is 4.58. The van der Waals surface area contributed by atoms with E-state index >= 15 is 0 Å². The minimum atomic E-state index is 0.233. The van der Waals surface area contributed by atoms with E-state index in [1.165, 1.54) is 15.3 Å². The van der Waals surface area contributed by atoms with Crippen LogP contribution in [0.1, 0.15) is 28.3 Å². The molecule has 0 bridgehead atoms. The van der Waals surface area contributed by atoms with E-state index in [0.717, 1.165) is 15.9 Å². The molecule has 0 saturated carbocycles. The molecule has 3 rings (SSSR count). The summed E-state index contributed by atoms with van der Waals surface area (Å²) in [4.78, 5) is 7.28. The van der Waals surface area contributed by atoms with Gasteiger partial charge in [-0.2, -0.15) is 5.10 Å². The highest BCUT2D eigenvalue weighted by molar-refractivity contribution is 9.10. The van der Waals surface area contributed by atoms with Gasteiger partial charge in [0.05, 0.1) is 16.7 Å². The van der Waals surface area contributed by atoms with Crippen LogP contribution in [0.2, 0.25) is 0 Å². The summed E-state index contributed by atoms with van der Waals surface area (Å²) in [5.74, 6) is 0.856. The van der Waals surface area contributed by atoms with E-state index in [4.69, 9.17) is 0 Å². The number of thiophene rings is 1. The van der Waals surface area contributed by atoms with Gasteiger partial charge in [-0.1, -0.05) is 0 Å². The third-order valence-corrected chi connectivity index (χ3v) is 4.78. The summed E-state index contributed by atoms with van der Waals surface area (Å²) in [5.41, 5.74) is 2.15. The Bertz CT molecular complexity index is 762. The minimum Gasteiger partial charge on any atom is -0.363 e. The highest BCUT2D eigenvalue weighted by Crippen LogP contribution is 2.28. The van der Waals surface area contributed by atoms with E-state index in [1.807, 2.05) is 23.6 Å². The zero-order valence-electron chi connectivity index (χ0n) is 11.5. The predicted molar refractivity (Wildman–Crippen MR) is 86.5 cm³/mol. The van der Waals surface area contributed by atoms with E-state index in [9.17, 15) is 0 Å².